The SMILES string of the molecule is Brc1cccc(-c2nc(-c3ccccc3)c(-c3ccccc3)c(-c3ccccc3)n2)c1. The first-order chi connectivity index (χ1) is 15.3. The number of rotatable bonds is 4. The van der Waals surface area contributed by atoms with Crippen molar-refractivity contribution < 1.29 is 0 Å². The molecule has 0 atom stereocenters. The van der Waals surface area contributed by atoms with Crippen molar-refractivity contribution in [2.45, 2.75) is 0 Å². The van der Waals surface area contributed by atoms with Gasteiger partial charge in [-0.05, 0) is 17.7 Å². The van der Waals surface area contributed by atoms with Crippen LogP contribution in [0.2, 0.25) is 0 Å². The van der Waals surface area contributed by atoms with Gasteiger partial charge in [0.1, 0.15) is 0 Å². The van der Waals surface area contributed by atoms with E-state index in [-0.39, 0.29) is 0 Å². The molecule has 1 heterocycles. The zero-order chi connectivity index (χ0) is 21.0. The normalized spacial score (nSPS) is 10.7. The summed E-state index contributed by atoms with van der Waals surface area (Å²) in [4.78, 5) is 10.2. The molecule has 0 saturated carbocycles. The molecule has 0 fully saturated rings. The van der Waals surface area contributed by atoms with E-state index in [1.165, 1.54) is 0 Å². The number of hydrogen-bond acceptors (Lipinski definition) is 2. The van der Waals surface area contributed by atoms with Gasteiger partial charge in [-0.1, -0.05) is 119 Å². The van der Waals surface area contributed by atoms with E-state index in [0.717, 1.165) is 43.7 Å². The highest BCUT2D eigenvalue weighted by Crippen LogP contribution is 2.39. The first-order valence-corrected chi connectivity index (χ1v) is 10.9. The lowest BCUT2D eigenvalue weighted by atomic mass is 9.94. The predicted octanol–water partition coefficient (Wildman–Crippen LogP) is 7.91. The highest BCUT2D eigenvalue weighted by molar-refractivity contribution is 9.10. The van der Waals surface area contributed by atoms with Crippen LogP contribution in [0.4, 0.5) is 0 Å². The van der Waals surface area contributed by atoms with Crippen LogP contribution < -0.4 is 0 Å². The topological polar surface area (TPSA) is 25.8 Å². The predicted molar refractivity (Wildman–Crippen MR) is 131 cm³/mol. The van der Waals surface area contributed by atoms with Gasteiger partial charge in [-0.25, -0.2) is 9.97 Å². The summed E-state index contributed by atoms with van der Waals surface area (Å²) < 4.78 is 1.00. The molecule has 0 aliphatic carbocycles. The Labute approximate surface area is 190 Å². The summed E-state index contributed by atoms with van der Waals surface area (Å²) in [6.45, 7) is 0. The van der Waals surface area contributed by atoms with Crippen molar-refractivity contribution in [3.8, 4) is 45.0 Å². The van der Waals surface area contributed by atoms with E-state index in [4.69, 9.17) is 9.97 Å². The molecule has 0 radical (unpaired) electrons. The second kappa shape index (κ2) is 8.66. The molecule has 4 aromatic carbocycles. The van der Waals surface area contributed by atoms with Crippen LogP contribution in [0.1, 0.15) is 0 Å². The lowest BCUT2D eigenvalue weighted by Crippen LogP contribution is -2.00. The Morgan fingerprint density at radius 2 is 0.903 bits per heavy atom. The van der Waals surface area contributed by atoms with Gasteiger partial charge < -0.3 is 0 Å². The minimum Gasteiger partial charge on any atom is -0.227 e. The largest absolute Gasteiger partial charge is 0.227 e. The number of nitrogens with zero attached hydrogens (tertiary/aromatic N) is 2. The van der Waals surface area contributed by atoms with Gasteiger partial charge in [0.15, 0.2) is 5.82 Å². The highest BCUT2D eigenvalue weighted by Gasteiger charge is 2.19. The van der Waals surface area contributed by atoms with E-state index in [1.807, 2.05) is 60.7 Å². The second-order valence-corrected chi connectivity index (χ2v) is 8.14. The molecule has 5 rings (SSSR count). The highest BCUT2D eigenvalue weighted by atomic mass is 79.9. The minimum absolute atomic E-state index is 0.707. The summed E-state index contributed by atoms with van der Waals surface area (Å²) in [6, 6.07) is 39.2. The van der Waals surface area contributed by atoms with Crippen LogP contribution in [0.15, 0.2) is 120 Å². The molecular formula is C28H19BrN2. The van der Waals surface area contributed by atoms with Crippen LogP contribution in [0, 0.1) is 0 Å². The van der Waals surface area contributed by atoms with Crippen molar-refractivity contribution in [3.05, 3.63) is 120 Å². The summed E-state index contributed by atoms with van der Waals surface area (Å²) in [5, 5.41) is 0. The molecule has 0 saturated heterocycles. The number of hydrogen-bond donors (Lipinski definition) is 0. The van der Waals surface area contributed by atoms with Crippen LogP contribution in [-0.2, 0) is 0 Å². The van der Waals surface area contributed by atoms with E-state index in [1.54, 1.807) is 0 Å². The van der Waals surface area contributed by atoms with Gasteiger partial charge in [-0.2, -0.15) is 0 Å². The smallest absolute Gasteiger partial charge is 0.160 e. The summed E-state index contributed by atoms with van der Waals surface area (Å²) in [5.41, 5.74) is 7.10. The zero-order valence-electron chi connectivity index (χ0n) is 16.7. The molecule has 5 aromatic rings. The maximum Gasteiger partial charge on any atom is 0.160 e. The Kier molecular flexibility index (Phi) is 5.42. The Bertz CT molecular complexity index is 1260. The van der Waals surface area contributed by atoms with Gasteiger partial charge in [0.05, 0.1) is 11.4 Å². The molecule has 0 spiro atoms. The van der Waals surface area contributed by atoms with E-state index in [2.05, 4.69) is 70.5 Å². The van der Waals surface area contributed by atoms with E-state index in [0.29, 0.717) is 5.82 Å². The summed E-state index contributed by atoms with van der Waals surface area (Å²) in [5.74, 6) is 0.707. The van der Waals surface area contributed by atoms with Crippen molar-refractivity contribution in [1.82, 2.24) is 9.97 Å². The quantitative estimate of drug-likeness (QED) is 0.271. The average Bonchev–Trinajstić information content (AvgIpc) is 2.85. The monoisotopic (exact) mass is 462 g/mol. The van der Waals surface area contributed by atoms with Crippen molar-refractivity contribution in [1.29, 1.82) is 0 Å². The first-order valence-electron chi connectivity index (χ1n) is 10.1. The molecule has 2 nitrogen and oxygen atoms in total. The third-order valence-corrected chi connectivity index (χ3v) is 5.64. The molecular weight excluding hydrogens is 444 g/mol. The summed E-state index contributed by atoms with van der Waals surface area (Å²) in [7, 11) is 0. The van der Waals surface area contributed by atoms with Gasteiger partial charge in [-0.15, -0.1) is 0 Å². The van der Waals surface area contributed by atoms with E-state index in [9.17, 15) is 0 Å². The van der Waals surface area contributed by atoms with E-state index < -0.39 is 0 Å². The molecule has 0 aliphatic rings. The summed E-state index contributed by atoms with van der Waals surface area (Å²) in [6.07, 6.45) is 0. The molecule has 31 heavy (non-hydrogen) atoms. The molecule has 3 heteroatoms. The van der Waals surface area contributed by atoms with E-state index >= 15 is 0 Å². The maximum atomic E-state index is 5.08. The lowest BCUT2D eigenvalue weighted by molar-refractivity contribution is 1.18. The molecule has 0 unspecified atom stereocenters. The van der Waals surface area contributed by atoms with Gasteiger partial charge in [-0.3, -0.25) is 0 Å². The Hall–Kier alpha value is -3.56. The van der Waals surface area contributed by atoms with Gasteiger partial charge in [0.25, 0.3) is 0 Å². The van der Waals surface area contributed by atoms with Crippen molar-refractivity contribution in [2.24, 2.45) is 0 Å². The third-order valence-electron chi connectivity index (χ3n) is 5.15. The fourth-order valence-electron chi connectivity index (χ4n) is 3.71. The van der Waals surface area contributed by atoms with Crippen molar-refractivity contribution >= 4 is 15.9 Å². The van der Waals surface area contributed by atoms with Crippen LogP contribution in [0.3, 0.4) is 0 Å². The minimum atomic E-state index is 0.707. The lowest BCUT2D eigenvalue weighted by Gasteiger charge is -2.17. The maximum absolute atomic E-state index is 5.08. The van der Waals surface area contributed by atoms with Crippen LogP contribution in [-0.4, -0.2) is 9.97 Å². The van der Waals surface area contributed by atoms with Crippen LogP contribution in [0.25, 0.3) is 45.0 Å². The molecule has 0 bridgehead atoms. The molecule has 0 N–H and O–H groups in total. The van der Waals surface area contributed by atoms with Crippen molar-refractivity contribution in [2.75, 3.05) is 0 Å². The average molecular weight is 463 g/mol. The fraction of sp³-hybridized carbons (Fsp3) is 0. The van der Waals surface area contributed by atoms with Crippen LogP contribution >= 0.6 is 15.9 Å². The number of aromatic nitrogens is 2. The Morgan fingerprint density at radius 1 is 0.452 bits per heavy atom. The second-order valence-electron chi connectivity index (χ2n) is 7.23. The first kappa shape index (κ1) is 19.4. The molecule has 148 valence electrons. The number of halogens is 1. The zero-order valence-corrected chi connectivity index (χ0v) is 18.3. The van der Waals surface area contributed by atoms with Crippen LogP contribution in [0.5, 0.6) is 0 Å². The Morgan fingerprint density at radius 3 is 1.39 bits per heavy atom. The standard InChI is InChI=1S/C28H19BrN2/c29-24-18-10-17-23(19-24)28-30-26(21-13-6-2-7-14-21)25(20-11-4-1-5-12-20)27(31-28)22-15-8-3-9-16-22/h1-19H. The van der Waals surface area contributed by atoms with Crippen molar-refractivity contribution in [3.63, 3.8) is 0 Å². The molecule has 1 aromatic heterocycles. The van der Waals surface area contributed by atoms with Gasteiger partial charge in [0.2, 0.25) is 0 Å². The molecule has 0 amide bonds. The summed E-state index contributed by atoms with van der Waals surface area (Å²) >= 11 is 3.58. The third kappa shape index (κ3) is 4.05. The van der Waals surface area contributed by atoms with Gasteiger partial charge in [0, 0.05) is 26.7 Å². The number of benzene rings is 4. The molecule has 0 aliphatic heterocycles. The fourth-order valence-corrected chi connectivity index (χ4v) is 4.10. The Balaban J connectivity index is 1.88. The van der Waals surface area contributed by atoms with Gasteiger partial charge >= 0.3 is 0 Å².